The molecule has 1 atom stereocenters. The number of nitrogens with zero attached hydrogens (tertiary/aromatic N) is 3. The molecule has 0 saturated carbocycles. The van der Waals surface area contributed by atoms with Gasteiger partial charge in [-0.2, -0.15) is 9.29 Å². The van der Waals surface area contributed by atoms with Gasteiger partial charge in [-0.15, -0.1) is 0 Å². The van der Waals surface area contributed by atoms with E-state index in [4.69, 9.17) is 9.26 Å². The summed E-state index contributed by atoms with van der Waals surface area (Å²) >= 11 is 0. The van der Waals surface area contributed by atoms with Crippen LogP contribution < -0.4 is 4.74 Å². The van der Waals surface area contributed by atoms with Crippen molar-refractivity contribution in [2.75, 3.05) is 20.2 Å². The maximum absolute atomic E-state index is 13.0. The molecule has 2 heterocycles. The highest BCUT2D eigenvalue weighted by molar-refractivity contribution is 7.89. The Hall–Kier alpha value is -2.71. The zero-order valence-corrected chi connectivity index (χ0v) is 17.2. The summed E-state index contributed by atoms with van der Waals surface area (Å²) in [7, 11) is -1.96. The molecule has 2 aromatic carbocycles. The number of hydrogen-bond acceptors (Lipinski definition) is 6. The van der Waals surface area contributed by atoms with Gasteiger partial charge in [0, 0.05) is 13.1 Å². The minimum atomic E-state index is -3.55. The van der Waals surface area contributed by atoms with Crippen molar-refractivity contribution in [2.24, 2.45) is 0 Å². The summed E-state index contributed by atoms with van der Waals surface area (Å²) in [6.07, 6.45) is 1.54. The number of rotatable bonds is 5. The number of aromatic nitrogens is 2. The molecule has 1 fully saturated rings. The molecular weight excluding hydrogens is 390 g/mol. The topological polar surface area (TPSA) is 85.5 Å². The molecular formula is C21H23N3O4S. The van der Waals surface area contributed by atoms with Crippen LogP contribution in [0, 0.1) is 6.92 Å². The first-order valence-corrected chi connectivity index (χ1v) is 11.0. The second kappa shape index (κ2) is 7.96. The lowest BCUT2D eigenvalue weighted by Crippen LogP contribution is -2.39. The van der Waals surface area contributed by atoms with Crippen LogP contribution in [0.25, 0.3) is 11.4 Å². The first-order valence-electron chi connectivity index (χ1n) is 9.53. The molecule has 4 rings (SSSR count). The van der Waals surface area contributed by atoms with E-state index in [0.717, 1.165) is 24.0 Å². The predicted octanol–water partition coefficient (Wildman–Crippen LogP) is 3.62. The molecule has 0 bridgehead atoms. The average Bonchev–Trinajstić information content (AvgIpc) is 3.24. The van der Waals surface area contributed by atoms with E-state index < -0.39 is 10.0 Å². The Labute approximate surface area is 170 Å². The van der Waals surface area contributed by atoms with Gasteiger partial charge in [-0.05, 0) is 44.0 Å². The maximum Gasteiger partial charge on any atom is 0.243 e. The van der Waals surface area contributed by atoms with E-state index in [1.807, 2.05) is 43.3 Å². The molecule has 3 aromatic rings. The van der Waals surface area contributed by atoms with E-state index in [1.54, 1.807) is 19.2 Å². The number of para-hydroxylation sites is 1. The second-order valence-corrected chi connectivity index (χ2v) is 9.11. The van der Waals surface area contributed by atoms with Gasteiger partial charge in [0.05, 0.1) is 23.5 Å². The van der Waals surface area contributed by atoms with Crippen LogP contribution in [-0.4, -0.2) is 43.1 Å². The lowest BCUT2D eigenvalue weighted by molar-refractivity contribution is 0.265. The number of ether oxygens (including phenoxy) is 1. The summed E-state index contributed by atoms with van der Waals surface area (Å²) in [6.45, 7) is 2.74. The summed E-state index contributed by atoms with van der Waals surface area (Å²) in [4.78, 5) is 4.84. The van der Waals surface area contributed by atoms with Crippen molar-refractivity contribution in [1.29, 1.82) is 0 Å². The van der Waals surface area contributed by atoms with Crippen LogP contribution in [0.5, 0.6) is 5.75 Å². The molecule has 152 valence electrons. The SMILES string of the molecule is COc1ccccc1-c1noc([C@H]2CCCN(S(=O)(=O)c3ccc(C)cc3)C2)n1. The first kappa shape index (κ1) is 19.6. The predicted molar refractivity (Wildman–Crippen MR) is 108 cm³/mol. The van der Waals surface area contributed by atoms with Gasteiger partial charge in [0.2, 0.25) is 21.7 Å². The third kappa shape index (κ3) is 3.90. The molecule has 7 nitrogen and oxygen atoms in total. The van der Waals surface area contributed by atoms with Crippen LogP contribution in [-0.2, 0) is 10.0 Å². The summed E-state index contributed by atoms with van der Waals surface area (Å²) in [5.74, 6) is 1.41. The van der Waals surface area contributed by atoms with Gasteiger partial charge in [0.25, 0.3) is 0 Å². The maximum atomic E-state index is 13.0. The Morgan fingerprint density at radius 1 is 1.14 bits per heavy atom. The normalized spacial score (nSPS) is 17.9. The Bertz CT molecular complexity index is 1090. The largest absolute Gasteiger partial charge is 0.496 e. The van der Waals surface area contributed by atoms with Crippen LogP contribution in [0.2, 0.25) is 0 Å². The van der Waals surface area contributed by atoms with E-state index in [0.29, 0.717) is 35.4 Å². The highest BCUT2D eigenvalue weighted by atomic mass is 32.2. The monoisotopic (exact) mass is 413 g/mol. The molecule has 0 radical (unpaired) electrons. The number of aryl methyl sites for hydroxylation is 1. The highest BCUT2D eigenvalue weighted by Gasteiger charge is 2.33. The number of sulfonamides is 1. The number of methoxy groups -OCH3 is 1. The Balaban J connectivity index is 1.56. The number of hydrogen-bond donors (Lipinski definition) is 0. The van der Waals surface area contributed by atoms with E-state index in [2.05, 4.69) is 10.1 Å². The zero-order valence-electron chi connectivity index (χ0n) is 16.4. The van der Waals surface area contributed by atoms with E-state index in [-0.39, 0.29) is 5.92 Å². The van der Waals surface area contributed by atoms with Crippen LogP contribution in [0.1, 0.15) is 30.2 Å². The molecule has 0 amide bonds. The summed E-state index contributed by atoms with van der Waals surface area (Å²) in [6, 6.07) is 14.4. The lowest BCUT2D eigenvalue weighted by Gasteiger charge is -2.30. The van der Waals surface area contributed by atoms with Crippen molar-refractivity contribution in [3.05, 3.63) is 60.0 Å². The standard InChI is InChI=1S/C21H23N3O4S/c1-15-9-11-17(12-10-15)29(25,26)24-13-5-6-16(14-24)21-22-20(23-28-21)18-7-3-4-8-19(18)27-2/h3-4,7-12,16H,5-6,13-14H2,1-2H3/t16-/m0/s1. The van der Waals surface area contributed by atoms with Crippen molar-refractivity contribution < 1.29 is 17.7 Å². The fourth-order valence-corrected chi connectivity index (χ4v) is 5.09. The smallest absolute Gasteiger partial charge is 0.243 e. The Morgan fingerprint density at radius 2 is 1.90 bits per heavy atom. The number of piperidine rings is 1. The van der Waals surface area contributed by atoms with E-state index >= 15 is 0 Å². The van der Waals surface area contributed by atoms with Crippen LogP contribution in [0.4, 0.5) is 0 Å². The quantitative estimate of drug-likeness (QED) is 0.635. The summed E-state index contributed by atoms with van der Waals surface area (Å²) in [5, 5.41) is 4.09. The average molecular weight is 413 g/mol. The molecule has 0 spiro atoms. The molecule has 8 heteroatoms. The molecule has 1 aliphatic heterocycles. The molecule has 29 heavy (non-hydrogen) atoms. The van der Waals surface area contributed by atoms with Crippen molar-refractivity contribution in [2.45, 2.75) is 30.6 Å². The van der Waals surface area contributed by atoms with Gasteiger partial charge >= 0.3 is 0 Å². The molecule has 1 aliphatic rings. The minimum absolute atomic E-state index is 0.139. The van der Waals surface area contributed by atoms with Gasteiger partial charge in [-0.25, -0.2) is 8.42 Å². The van der Waals surface area contributed by atoms with Gasteiger partial charge in [-0.1, -0.05) is 35.0 Å². The highest BCUT2D eigenvalue weighted by Crippen LogP contribution is 2.32. The molecule has 1 saturated heterocycles. The van der Waals surface area contributed by atoms with Gasteiger partial charge in [0.1, 0.15) is 5.75 Å². The van der Waals surface area contributed by atoms with Crippen molar-refractivity contribution >= 4 is 10.0 Å². The minimum Gasteiger partial charge on any atom is -0.496 e. The summed E-state index contributed by atoms with van der Waals surface area (Å²) in [5.41, 5.74) is 1.76. The molecule has 1 aromatic heterocycles. The fraction of sp³-hybridized carbons (Fsp3) is 0.333. The van der Waals surface area contributed by atoms with Crippen LogP contribution >= 0.6 is 0 Å². The Kier molecular flexibility index (Phi) is 5.38. The summed E-state index contributed by atoms with van der Waals surface area (Å²) < 4.78 is 38.4. The lowest BCUT2D eigenvalue weighted by atomic mass is 10.00. The van der Waals surface area contributed by atoms with E-state index in [9.17, 15) is 8.42 Å². The van der Waals surface area contributed by atoms with Crippen LogP contribution in [0.3, 0.4) is 0 Å². The Morgan fingerprint density at radius 3 is 2.66 bits per heavy atom. The third-order valence-corrected chi connectivity index (χ3v) is 7.06. The third-order valence-electron chi connectivity index (χ3n) is 5.18. The van der Waals surface area contributed by atoms with E-state index in [1.165, 1.54) is 4.31 Å². The first-order chi connectivity index (χ1) is 14.0. The molecule has 0 N–H and O–H groups in total. The zero-order chi connectivity index (χ0) is 20.4. The van der Waals surface area contributed by atoms with Crippen molar-refractivity contribution in [1.82, 2.24) is 14.4 Å². The van der Waals surface area contributed by atoms with Crippen molar-refractivity contribution in [3.8, 4) is 17.1 Å². The second-order valence-electron chi connectivity index (χ2n) is 7.17. The van der Waals surface area contributed by atoms with Gasteiger partial charge < -0.3 is 9.26 Å². The van der Waals surface area contributed by atoms with Gasteiger partial charge in [0.15, 0.2) is 0 Å². The van der Waals surface area contributed by atoms with Gasteiger partial charge in [-0.3, -0.25) is 0 Å². The number of benzene rings is 2. The van der Waals surface area contributed by atoms with Crippen molar-refractivity contribution in [3.63, 3.8) is 0 Å². The molecule has 0 aliphatic carbocycles. The fourth-order valence-electron chi connectivity index (χ4n) is 3.56. The van der Waals surface area contributed by atoms with Crippen LogP contribution in [0.15, 0.2) is 57.9 Å². The molecule has 0 unspecified atom stereocenters.